The number of carbonyl (C=O) groups is 1. The maximum atomic E-state index is 12.3. The van der Waals surface area contributed by atoms with Crippen molar-refractivity contribution in [2.24, 2.45) is 18.7 Å². The Balaban J connectivity index is 1.88. The lowest BCUT2D eigenvalue weighted by Gasteiger charge is -2.19. The third kappa shape index (κ3) is 3.19. The molecule has 4 heteroatoms. The Bertz CT molecular complexity index is 399. The van der Waals surface area contributed by atoms with Crippen LogP contribution in [0, 0.1) is 5.92 Å². The molecule has 1 aromatic heterocycles. The van der Waals surface area contributed by atoms with Crippen molar-refractivity contribution < 1.29 is 4.79 Å². The number of aryl methyl sites for hydroxylation is 2. The summed E-state index contributed by atoms with van der Waals surface area (Å²) in [5.41, 5.74) is 6.12. The summed E-state index contributed by atoms with van der Waals surface area (Å²) in [5.74, 6) is 1.38. The maximum Gasteiger partial charge on any atom is 0.137 e. The lowest BCUT2D eigenvalue weighted by atomic mass is 9.89. The minimum atomic E-state index is 0.0707. The molecule has 1 aliphatic carbocycles. The van der Waals surface area contributed by atoms with Gasteiger partial charge in [-0.1, -0.05) is 19.3 Å². The van der Waals surface area contributed by atoms with Gasteiger partial charge < -0.3 is 10.3 Å². The van der Waals surface area contributed by atoms with Crippen molar-refractivity contribution >= 4 is 5.78 Å². The Hall–Kier alpha value is -1.16. The number of ketones is 1. The molecule has 2 rings (SSSR count). The van der Waals surface area contributed by atoms with E-state index < -0.39 is 0 Å². The number of nitrogens with two attached hydrogens (primary N) is 1. The third-order valence-corrected chi connectivity index (χ3v) is 4.00. The first-order chi connectivity index (χ1) is 8.68. The van der Waals surface area contributed by atoms with Crippen LogP contribution in [0.15, 0.2) is 12.4 Å². The Labute approximate surface area is 109 Å². The van der Waals surface area contributed by atoms with Crippen molar-refractivity contribution in [3.8, 4) is 0 Å². The summed E-state index contributed by atoms with van der Waals surface area (Å²) in [6.45, 7) is 0. The maximum absolute atomic E-state index is 12.3. The van der Waals surface area contributed by atoms with Crippen LogP contribution in [-0.4, -0.2) is 21.4 Å². The number of rotatable bonds is 4. The van der Waals surface area contributed by atoms with Crippen LogP contribution in [0.1, 0.15) is 44.3 Å². The molecule has 4 nitrogen and oxygen atoms in total. The highest BCUT2D eigenvalue weighted by Crippen LogP contribution is 2.24. The van der Waals surface area contributed by atoms with Crippen molar-refractivity contribution in [2.75, 3.05) is 0 Å². The SMILES string of the molecule is Cn1ccnc1CCC(=O)C1CCCCCC1N. The molecule has 18 heavy (non-hydrogen) atoms. The van der Waals surface area contributed by atoms with Gasteiger partial charge in [0.1, 0.15) is 11.6 Å². The van der Waals surface area contributed by atoms with Gasteiger partial charge in [-0.15, -0.1) is 0 Å². The predicted molar refractivity (Wildman–Crippen MR) is 71.1 cm³/mol. The molecule has 1 fully saturated rings. The van der Waals surface area contributed by atoms with Gasteiger partial charge in [0, 0.05) is 44.2 Å². The molecule has 0 saturated heterocycles. The molecule has 1 saturated carbocycles. The quantitative estimate of drug-likeness (QED) is 0.828. The van der Waals surface area contributed by atoms with Crippen molar-refractivity contribution in [2.45, 2.75) is 51.0 Å². The van der Waals surface area contributed by atoms with Crippen LogP contribution in [-0.2, 0) is 18.3 Å². The second-order valence-corrected chi connectivity index (χ2v) is 5.33. The fraction of sp³-hybridized carbons (Fsp3) is 0.714. The number of Topliss-reactive ketones (excluding diaryl/α,β-unsaturated/α-hetero) is 1. The summed E-state index contributed by atoms with van der Waals surface area (Å²) in [4.78, 5) is 16.5. The second-order valence-electron chi connectivity index (χ2n) is 5.33. The number of imidazole rings is 1. The van der Waals surface area contributed by atoms with Crippen LogP contribution >= 0.6 is 0 Å². The van der Waals surface area contributed by atoms with Gasteiger partial charge in [-0.2, -0.15) is 0 Å². The molecule has 2 atom stereocenters. The van der Waals surface area contributed by atoms with E-state index in [-0.39, 0.29) is 12.0 Å². The first-order valence-corrected chi connectivity index (χ1v) is 6.93. The van der Waals surface area contributed by atoms with Gasteiger partial charge in [0.25, 0.3) is 0 Å². The summed E-state index contributed by atoms with van der Waals surface area (Å²) in [5, 5.41) is 0. The van der Waals surface area contributed by atoms with Crippen molar-refractivity contribution in [3.63, 3.8) is 0 Å². The number of carbonyl (C=O) groups excluding carboxylic acids is 1. The van der Waals surface area contributed by atoms with E-state index in [9.17, 15) is 4.79 Å². The van der Waals surface area contributed by atoms with Crippen LogP contribution in [0.2, 0.25) is 0 Å². The van der Waals surface area contributed by atoms with E-state index in [2.05, 4.69) is 4.98 Å². The van der Waals surface area contributed by atoms with Gasteiger partial charge in [-0.05, 0) is 12.8 Å². The molecule has 1 aromatic rings. The molecule has 2 unspecified atom stereocenters. The van der Waals surface area contributed by atoms with Gasteiger partial charge in [0.05, 0.1) is 0 Å². The van der Waals surface area contributed by atoms with E-state index in [1.54, 1.807) is 6.20 Å². The first-order valence-electron chi connectivity index (χ1n) is 6.93. The molecule has 0 amide bonds. The zero-order valence-corrected chi connectivity index (χ0v) is 11.1. The summed E-state index contributed by atoms with van der Waals surface area (Å²) < 4.78 is 1.97. The number of aromatic nitrogens is 2. The zero-order valence-electron chi connectivity index (χ0n) is 11.1. The van der Waals surface area contributed by atoms with Gasteiger partial charge in [-0.3, -0.25) is 4.79 Å². The van der Waals surface area contributed by atoms with Gasteiger partial charge in [-0.25, -0.2) is 4.98 Å². The average Bonchev–Trinajstić information content (AvgIpc) is 2.63. The smallest absolute Gasteiger partial charge is 0.137 e. The lowest BCUT2D eigenvalue weighted by molar-refractivity contribution is -0.123. The largest absolute Gasteiger partial charge is 0.338 e. The van der Waals surface area contributed by atoms with Gasteiger partial charge in [0.2, 0.25) is 0 Å². The zero-order chi connectivity index (χ0) is 13.0. The molecular formula is C14H23N3O. The van der Waals surface area contributed by atoms with Crippen LogP contribution in [0.4, 0.5) is 0 Å². The number of hydrogen-bond acceptors (Lipinski definition) is 3. The van der Waals surface area contributed by atoms with E-state index in [1.165, 1.54) is 12.8 Å². The van der Waals surface area contributed by atoms with Gasteiger partial charge >= 0.3 is 0 Å². The fourth-order valence-electron chi connectivity index (χ4n) is 2.79. The van der Waals surface area contributed by atoms with E-state index in [0.717, 1.165) is 31.5 Å². The summed E-state index contributed by atoms with van der Waals surface area (Å²) in [6.07, 6.45) is 10.5. The monoisotopic (exact) mass is 249 g/mol. The van der Waals surface area contributed by atoms with Crippen LogP contribution in [0.5, 0.6) is 0 Å². The summed E-state index contributed by atoms with van der Waals surface area (Å²) >= 11 is 0. The molecule has 1 heterocycles. The predicted octanol–water partition coefficient (Wildman–Crippen LogP) is 1.83. The number of hydrogen-bond donors (Lipinski definition) is 1. The molecule has 2 N–H and O–H groups in total. The standard InChI is InChI=1S/C14H23N3O/c1-17-10-9-16-14(17)8-7-13(18)11-5-3-2-4-6-12(11)15/h9-12H,2-8,15H2,1H3. The highest BCUT2D eigenvalue weighted by atomic mass is 16.1. The van der Waals surface area contributed by atoms with Crippen molar-refractivity contribution in [1.29, 1.82) is 0 Å². The fourth-order valence-corrected chi connectivity index (χ4v) is 2.79. The molecule has 1 aliphatic rings. The Morgan fingerprint density at radius 3 is 2.94 bits per heavy atom. The summed E-state index contributed by atoms with van der Waals surface area (Å²) in [7, 11) is 1.96. The number of nitrogens with zero attached hydrogens (tertiary/aromatic N) is 2. The Morgan fingerprint density at radius 1 is 1.44 bits per heavy atom. The normalized spacial score (nSPS) is 24.8. The minimum Gasteiger partial charge on any atom is -0.338 e. The minimum absolute atomic E-state index is 0.0707. The van der Waals surface area contributed by atoms with Gasteiger partial charge in [0.15, 0.2) is 0 Å². The van der Waals surface area contributed by atoms with Crippen LogP contribution in [0.25, 0.3) is 0 Å². The van der Waals surface area contributed by atoms with Crippen molar-refractivity contribution in [3.05, 3.63) is 18.2 Å². The first kappa shape index (κ1) is 13.3. The Kier molecular flexibility index (Phi) is 4.53. The molecular weight excluding hydrogens is 226 g/mol. The molecule has 100 valence electrons. The molecule has 0 aromatic carbocycles. The average molecular weight is 249 g/mol. The van der Waals surface area contributed by atoms with Crippen molar-refractivity contribution in [1.82, 2.24) is 9.55 Å². The molecule has 0 radical (unpaired) electrons. The lowest BCUT2D eigenvalue weighted by Crippen LogP contribution is -2.34. The topological polar surface area (TPSA) is 60.9 Å². The van der Waals surface area contributed by atoms with E-state index in [1.807, 2.05) is 17.8 Å². The highest BCUT2D eigenvalue weighted by Gasteiger charge is 2.26. The van der Waals surface area contributed by atoms with Crippen LogP contribution < -0.4 is 5.73 Å². The molecule has 0 bridgehead atoms. The second kappa shape index (κ2) is 6.14. The highest BCUT2D eigenvalue weighted by molar-refractivity contribution is 5.81. The summed E-state index contributed by atoms with van der Waals surface area (Å²) in [6, 6.07) is 0.0707. The molecule has 0 aliphatic heterocycles. The molecule has 0 spiro atoms. The van der Waals surface area contributed by atoms with E-state index in [0.29, 0.717) is 12.2 Å². The third-order valence-electron chi connectivity index (χ3n) is 4.00. The Morgan fingerprint density at radius 2 is 2.22 bits per heavy atom. The van der Waals surface area contributed by atoms with Crippen LogP contribution in [0.3, 0.4) is 0 Å². The van der Waals surface area contributed by atoms with E-state index in [4.69, 9.17) is 5.73 Å². The van der Waals surface area contributed by atoms with E-state index >= 15 is 0 Å².